The fourth-order valence-corrected chi connectivity index (χ4v) is 4.79. The second-order valence-electron chi connectivity index (χ2n) is 8.61. The summed E-state index contributed by atoms with van der Waals surface area (Å²) in [7, 11) is 0. The van der Waals surface area contributed by atoms with E-state index in [9.17, 15) is 14.7 Å². The molecule has 142 valence electrons. The average Bonchev–Trinajstić information content (AvgIpc) is 3.17. The van der Waals surface area contributed by atoms with E-state index in [1.54, 1.807) is 12.1 Å². The van der Waals surface area contributed by atoms with Gasteiger partial charge in [-0.2, -0.15) is 0 Å². The van der Waals surface area contributed by atoms with Gasteiger partial charge in [-0.1, -0.05) is 44.9 Å². The lowest BCUT2D eigenvalue weighted by Gasteiger charge is -2.39. The van der Waals surface area contributed by atoms with E-state index >= 15 is 0 Å². The average molecular weight is 357 g/mol. The molecule has 2 fully saturated rings. The minimum atomic E-state index is -0.855. The third-order valence-corrected chi connectivity index (χ3v) is 6.59. The van der Waals surface area contributed by atoms with Gasteiger partial charge >= 0.3 is 5.97 Å². The largest absolute Gasteiger partial charge is 0.478 e. The molecule has 4 heteroatoms. The van der Waals surface area contributed by atoms with Gasteiger partial charge in [0.1, 0.15) is 0 Å². The summed E-state index contributed by atoms with van der Waals surface area (Å²) in [5.74, 6) is 0.435. The van der Waals surface area contributed by atoms with Crippen LogP contribution < -0.4 is 0 Å². The fraction of sp³-hybridized carbons (Fsp3) is 0.636. The normalized spacial score (nSPS) is 19.7. The third kappa shape index (κ3) is 3.94. The predicted molar refractivity (Wildman–Crippen MR) is 102 cm³/mol. The number of carboxylic acids is 1. The van der Waals surface area contributed by atoms with E-state index in [0.717, 1.165) is 37.9 Å². The number of hydrogen-bond donors (Lipinski definition) is 1. The van der Waals surface area contributed by atoms with Crippen molar-refractivity contribution in [3.05, 3.63) is 35.4 Å². The highest BCUT2D eigenvalue weighted by molar-refractivity contribution is 5.89. The van der Waals surface area contributed by atoms with Crippen molar-refractivity contribution in [3.63, 3.8) is 0 Å². The molecule has 26 heavy (non-hydrogen) atoms. The van der Waals surface area contributed by atoms with E-state index < -0.39 is 5.97 Å². The Hall–Kier alpha value is -1.84. The molecule has 4 nitrogen and oxygen atoms in total. The minimum absolute atomic E-state index is 0.251. The summed E-state index contributed by atoms with van der Waals surface area (Å²) in [6.07, 6.45) is 7.58. The number of carbonyl (C=O) groups is 2. The van der Waals surface area contributed by atoms with Crippen LogP contribution in [0.15, 0.2) is 24.3 Å². The van der Waals surface area contributed by atoms with Gasteiger partial charge in [0.15, 0.2) is 0 Å². The van der Waals surface area contributed by atoms with E-state index in [4.69, 9.17) is 0 Å². The van der Waals surface area contributed by atoms with Crippen molar-refractivity contribution in [1.29, 1.82) is 0 Å². The number of likely N-dealkylation sites (tertiary alicyclic amines) is 1. The molecule has 1 aromatic carbocycles. The zero-order chi connectivity index (χ0) is 18.7. The van der Waals surface area contributed by atoms with Crippen LogP contribution in [0.1, 0.15) is 68.3 Å². The molecule has 0 bridgehead atoms. The first kappa shape index (κ1) is 18.9. The van der Waals surface area contributed by atoms with Gasteiger partial charge in [-0.25, -0.2) is 4.79 Å². The Morgan fingerprint density at radius 3 is 2.31 bits per heavy atom. The van der Waals surface area contributed by atoms with Gasteiger partial charge in [0, 0.05) is 18.5 Å². The first-order valence-electron chi connectivity index (χ1n) is 10.00. The molecular formula is C22H31NO3. The van der Waals surface area contributed by atoms with Crippen LogP contribution in [0, 0.1) is 17.3 Å². The molecule has 1 aromatic rings. The van der Waals surface area contributed by atoms with Gasteiger partial charge in [-0.05, 0) is 55.6 Å². The van der Waals surface area contributed by atoms with Gasteiger partial charge in [-0.15, -0.1) is 0 Å². The highest BCUT2D eigenvalue weighted by atomic mass is 16.4. The van der Waals surface area contributed by atoms with Crippen LogP contribution in [0.4, 0.5) is 0 Å². The summed E-state index contributed by atoms with van der Waals surface area (Å²) in [5.41, 5.74) is 1.07. The Kier molecular flexibility index (Phi) is 5.69. The van der Waals surface area contributed by atoms with Gasteiger partial charge in [0.05, 0.1) is 5.56 Å². The van der Waals surface area contributed by atoms with Crippen molar-refractivity contribution in [1.82, 2.24) is 4.90 Å². The molecule has 1 aliphatic heterocycles. The topological polar surface area (TPSA) is 57.6 Å². The summed E-state index contributed by atoms with van der Waals surface area (Å²) in [5, 5.41) is 9.35. The molecule has 1 heterocycles. The zero-order valence-corrected chi connectivity index (χ0v) is 16.0. The lowest BCUT2D eigenvalue weighted by Crippen LogP contribution is -2.47. The molecular weight excluding hydrogens is 326 g/mol. The number of amides is 1. The summed E-state index contributed by atoms with van der Waals surface area (Å²) in [6.45, 7) is 5.85. The lowest BCUT2D eigenvalue weighted by atomic mass is 9.76. The number of rotatable bonds is 5. The van der Waals surface area contributed by atoms with E-state index in [-0.39, 0.29) is 5.41 Å². The van der Waals surface area contributed by atoms with Gasteiger partial charge in [0.2, 0.25) is 5.91 Å². The molecule has 1 aliphatic carbocycles. The van der Waals surface area contributed by atoms with Crippen LogP contribution >= 0.6 is 0 Å². The van der Waals surface area contributed by atoms with Crippen LogP contribution in [-0.4, -0.2) is 35.0 Å². The SMILES string of the molecule is CC(C)(C(=O)N1CCC(Cc2ccccc2C(=O)O)CC1)C1CCCC1. The van der Waals surface area contributed by atoms with E-state index in [2.05, 4.69) is 18.7 Å². The number of carbonyl (C=O) groups excluding carboxylic acids is 1. The van der Waals surface area contributed by atoms with Crippen LogP contribution in [0.3, 0.4) is 0 Å². The lowest BCUT2D eigenvalue weighted by molar-refractivity contribution is -0.144. The Morgan fingerprint density at radius 2 is 1.69 bits per heavy atom. The highest BCUT2D eigenvalue weighted by Crippen LogP contribution is 2.41. The van der Waals surface area contributed by atoms with Crippen LogP contribution in [0.5, 0.6) is 0 Å². The fourth-order valence-electron chi connectivity index (χ4n) is 4.79. The number of hydrogen-bond acceptors (Lipinski definition) is 2. The van der Waals surface area contributed by atoms with Crippen molar-refractivity contribution in [2.75, 3.05) is 13.1 Å². The highest BCUT2D eigenvalue weighted by Gasteiger charge is 2.41. The number of nitrogens with zero attached hydrogens (tertiary/aromatic N) is 1. The molecule has 0 aromatic heterocycles. The standard InChI is InChI=1S/C22H31NO3/c1-22(2,18-8-4-5-9-18)21(26)23-13-11-16(12-14-23)15-17-7-3-6-10-19(17)20(24)25/h3,6-7,10,16,18H,4-5,8-9,11-15H2,1-2H3,(H,24,25). The Morgan fingerprint density at radius 1 is 1.08 bits per heavy atom. The van der Waals surface area contributed by atoms with Crippen molar-refractivity contribution in [2.45, 2.75) is 58.8 Å². The predicted octanol–water partition coefficient (Wildman–Crippen LogP) is 4.38. The smallest absolute Gasteiger partial charge is 0.335 e. The summed E-state index contributed by atoms with van der Waals surface area (Å²) < 4.78 is 0. The first-order valence-corrected chi connectivity index (χ1v) is 10.00. The number of aromatic carboxylic acids is 1. The second-order valence-corrected chi connectivity index (χ2v) is 8.61. The summed E-state index contributed by atoms with van der Waals surface area (Å²) in [6, 6.07) is 7.29. The minimum Gasteiger partial charge on any atom is -0.478 e. The molecule has 3 rings (SSSR count). The van der Waals surface area contributed by atoms with Crippen molar-refractivity contribution in [2.24, 2.45) is 17.3 Å². The molecule has 1 amide bonds. The summed E-state index contributed by atoms with van der Waals surface area (Å²) in [4.78, 5) is 26.5. The molecule has 0 spiro atoms. The number of carboxylic acid groups (broad SMARTS) is 1. The molecule has 0 unspecified atom stereocenters. The monoisotopic (exact) mass is 357 g/mol. The Labute approximate surface area is 156 Å². The molecule has 2 aliphatic rings. The van der Waals surface area contributed by atoms with Crippen LogP contribution in [0.2, 0.25) is 0 Å². The summed E-state index contributed by atoms with van der Waals surface area (Å²) >= 11 is 0. The molecule has 1 N–H and O–H groups in total. The van der Waals surface area contributed by atoms with Crippen LogP contribution in [0.25, 0.3) is 0 Å². The molecule has 0 radical (unpaired) electrons. The first-order chi connectivity index (χ1) is 12.4. The number of benzene rings is 1. The zero-order valence-electron chi connectivity index (χ0n) is 16.0. The van der Waals surface area contributed by atoms with E-state index in [1.807, 2.05) is 12.1 Å². The van der Waals surface area contributed by atoms with Gasteiger partial charge < -0.3 is 10.0 Å². The maximum absolute atomic E-state index is 13.1. The molecule has 1 saturated heterocycles. The maximum atomic E-state index is 13.1. The third-order valence-electron chi connectivity index (χ3n) is 6.59. The molecule has 0 atom stereocenters. The van der Waals surface area contributed by atoms with Crippen molar-refractivity contribution in [3.8, 4) is 0 Å². The maximum Gasteiger partial charge on any atom is 0.335 e. The van der Waals surface area contributed by atoms with E-state index in [0.29, 0.717) is 23.3 Å². The van der Waals surface area contributed by atoms with Gasteiger partial charge in [-0.3, -0.25) is 4.79 Å². The van der Waals surface area contributed by atoms with Crippen molar-refractivity contribution < 1.29 is 14.7 Å². The number of piperidine rings is 1. The molecule has 1 saturated carbocycles. The Bertz CT molecular complexity index is 653. The second kappa shape index (κ2) is 7.81. The Balaban J connectivity index is 1.58. The quantitative estimate of drug-likeness (QED) is 0.850. The van der Waals surface area contributed by atoms with Crippen molar-refractivity contribution >= 4 is 11.9 Å². The van der Waals surface area contributed by atoms with Gasteiger partial charge in [0.25, 0.3) is 0 Å². The van der Waals surface area contributed by atoms with Crippen LogP contribution in [-0.2, 0) is 11.2 Å². The van der Waals surface area contributed by atoms with E-state index in [1.165, 1.54) is 25.7 Å².